The summed E-state index contributed by atoms with van der Waals surface area (Å²) in [6, 6.07) is 14.9. The Morgan fingerprint density at radius 3 is 2.52 bits per heavy atom. The quantitative estimate of drug-likeness (QED) is 0.606. The first-order valence-corrected chi connectivity index (χ1v) is 9.69. The van der Waals surface area contributed by atoms with Crippen LogP contribution in [-0.2, 0) is 10.0 Å². The van der Waals surface area contributed by atoms with Crippen LogP contribution in [0.1, 0.15) is 5.56 Å². The SMILES string of the molecule is Cc1cc(S(=O)(=O)NCCSc2ccccc2)ccc1Br. The second kappa shape index (κ2) is 7.45. The highest BCUT2D eigenvalue weighted by atomic mass is 79.9. The molecule has 6 heteroatoms. The number of aryl methyl sites for hydroxylation is 1. The molecule has 0 amide bonds. The number of rotatable bonds is 6. The molecule has 0 aliphatic heterocycles. The van der Waals surface area contributed by atoms with Crippen molar-refractivity contribution in [2.45, 2.75) is 16.7 Å². The highest BCUT2D eigenvalue weighted by Gasteiger charge is 2.14. The first kappa shape index (κ1) is 16.5. The van der Waals surface area contributed by atoms with E-state index in [-0.39, 0.29) is 0 Å². The van der Waals surface area contributed by atoms with Crippen molar-refractivity contribution in [1.82, 2.24) is 4.72 Å². The van der Waals surface area contributed by atoms with E-state index < -0.39 is 10.0 Å². The Kier molecular flexibility index (Phi) is 5.87. The van der Waals surface area contributed by atoms with Gasteiger partial charge in [0.1, 0.15) is 0 Å². The summed E-state index contributed by atoms with van der Waals surface area (Å²) in [7, 11) is -3.44. The van der Waals surface area contributed by atoms with Crippen molar-refractivity contribution in [3.63, 3.8) is 0 Å². The van der Waals surface area contributed by atoms with Crippen molar-refractivity contribution >= 4 is 37.7 Å². The molecule has 0 saturated heterocycles. The molecular formula is C15H16BrNO2S2. The van der Waals surface area contributed by atoms with Gasteiger partial charge in [0.05, 0.1) is 4.90 Å². The lowest BCUT2D eigenvalue weighted by molar-refractivity contribution is 0.584. The Morgan fingerprint density at radius 1 is 1.14 bits per heavy atom. The van der Waals surface area contributed by atoms with Crippen LogP contribution in [0, 0.1) is 6.92 Å². The van der Waals surface area contributed by atoms with Crippen LogP contribution >= 0.6 is 27.7 Å². The zero-order chi connectivity index (χ0) is 15.3. The fourth-order valence-corrected chi connectivity index (χ4v) is 4.01. The zero-order valence-corrected chi connectivity index (χ0v) is 14.8. The van der Waals surface area contributed by atoms with E-state index in [4.69, 9.17) is 0 Å². The van der Waals surface area contributed by atoms with Gasteiger partial charge in [0.15, 0.2) is 0 Å². The number of sulfonamides is 1. The average Bonchev–Trinajstić information content (AvgIpc) is 2.47. The van der Waals surface area contributed by atoms with Gasteiger partial charge in [-0.15, -0.1) is 11.8 Å². The second-order valence-electron chi connectivity index (χ2n) is 4.47. The van der Waals surface area contributed by atoms with Gasteiger partial charge in [0.2, 0.25) is 10.0 Å². The molecule has 0 aliphatic carbocycles. The fourth-order valence-electron chi connectivity index (χ4n) is 1.73. The number of benzene rings is 2. The summed E-state index contributed by atoms with van der Waals surface area (Å²) in [5, 5.41) is 0. The van der Waals surface area contributed by atoms with Gasteiger partial charge in [-0.1, -0.05) is 34.1 Å². The first-order chi connectivity index (χ1) is 9.99. The lowest BCUT2D eigenvalue weighted by atomic mass is 10.2. The van der Waals surface area contributed by atoms with Crippen molar-refractivity contribution < 1.29 is 8.42 Å². The fraction of sp³-hybridized carbons (Fsp3) is 0.200. The molecule has 0 spiro atoms. The predicted octanol–water partition coefficient (Wildman–Crippen LogP) is 3.83. The molecule has 2 aromatic carbocycles. The minimum absolute atomic E-state index is 0.299. The molecule has 2 rings (SSSR count). The second-order valence-corrected chi connectivity index (χ2v) is 8.26. The Balaban J connectivity index is 1.91. The molecule has 0 aromatic heterocycles. The Morgan fingerprint density at radius 2 is 1.86 bits per heavy atom. The molecule has 21 heavy (non-hydrogen) atoms. The van der Waals surface area contributed by atoms with Gasteiger partial charge in [-0.2, -0.15) is 0 Å². The highest BCUT2D eigenvalue weighted by Crippen LogP contribution is 2.20. The van der Waals surface area contributed by atoms with Crippen LogP contribution in [0.3, 0.4) is 0 Å². The highest BCUT2D eigenvalue weighted by molar-refractivity contribution is 9.10. The molecule has 0 aliphatic rings. The molecule has 0 atom stereocenters. The van der Waals surface area contributed by atoms with Crippen LogP contribution in [0.15, 0.2) is 62.8 Å². The van der Waals surface area contributed by atoms with Crippen LogP contribution in [0.25, 0.3) is 0 Å². The van der Waals surface area contributed by atoms with E-state index in [1.54, 1.807) is 30.0 Å². The molecule has 0 radical (unpaired) electrons. The van der Waals surface area contributed by atoms with Crippen LogP contribution in [0.4, 0.5) is 0 Å². The topological polar surface area (TPSA) is 46.2 Å². The van der Waals surface area contributed by atoms with E-state index in [2.05, 4.69) is 20.7 Å². The molecule has 0 heterocycles. The number of nitrogens with one attached hydrogen (secondary N) is 1. The van der Waals surface area contributed by atoms with Gasteiger partial charge in [0, 0.05) is 21.7 Å². The van der Waals surface area contributed by atoms with Gasteiger partial charge in [-0.05, 0) is 42.8 Å². The van der Waals surface area contributed by atoms with Crippen molar-refractivity contribution in [2.24, 2.45) is 0 Å². The van der Waals surface area contributed by atoms with Crippen LogP contribution in [0.2, 0.25) is 0 Å². The summed E-state index contributed by atoms with van der Waals surface area (Å²) in [4.78, 5) is 1.43. The van der Waals surface area contributed by atoms with Crippen LogP contribution < -0.4 is 4.72 Å². The largest absolute Gasteiger partial charge is 0.240 e. The molecular weight excluding hydrogens is 370 g/mol. The Hall–Kier alpha value is -0.820. The summed E-state index contributed by atoms with van der Waals surface area (Å²) in [6.45, 7) is 2.27. The molecule has 1 N–H and O–H groups in total. The summed E-state index contributed by atoms with van der Waals surface area (Å²) in [5.41, 5.74) is 0.900. The number of halogens is 1. The lowest BCUT2D eigenvalue weighted by Gasteiger charge is -2.08. The minimum Gasteiger partial charge on any atom is -0.210 e. The maximum Gasteiger partial charge on any atom is 0.240 e. The monoisotopic (exact) mass is 385 g/mol. The van der Waals surface area contributed by atoms with Gasteiger partial charge in [-0.3, -0.25) is 0 Å². The van der Waals surface area contributed by atoms with Crippen molar-refractivity contribution in [1.29, 1.82) is 0 Å². The van der Waals surface area contributed by atoms with Crippen LogP contribution in [0.5, 0.6) is 0 Å². The molecule has 0 bridgehead atoms. The molecule has 0 unspecified atom stereocenters. The van der Waals surface area contributed by atoms with E-state index in [0.717, 1.165) is 14.9 Å². The maximum atomic E-state index is 12.2. The van der Waals surface area contributed by atoms with Crippen molar-refractivity contribution in [3.05, 3.63) is 58.6 Å². The van der Waals surface area contributed by atoms with Crippen molar-refractivity contribution in [3.8, 4) is 0 Å². The van der Waals surface area contributed by atoms with E-state index in [0.29, 0.717) is 17.2 Å². The van der Waals surface area contributed by atoms with E-state index in [9.17, 15) is 8.42 Å². The van der Waals surface area contributed by atoms with Gasteiger partial charge < -0.3 is 0 Å². The predicted molar refractivity (Wildman–Crippen MR) is 91.2 cm³/mol. The average molecular weight is 386 g/mol. The maximum absolute atomic E-state index is 12.2. The minimum atomic E-state index is -3.44. The van der Waals surface area contributed by atoms with Gasteiger partial charge in [0.25, 0.3) is 0 Å². The summed E-state index contributed by atoms with van der Waals surface area (Å²) in [5.74, 6) is 0.693. The normalized spacial score (nSPS) is 11.5. The number of thioether (sulfide) groups is 1. The van der Waals surface area contributed by atoms with Crippen molar-refractivity contribution in [2.75, 3.05) is 12.3 Å². The number of hydrogen-bond donors (Lipinski definition) is 1. The Bertz CT molecular complexity index is 703. The van der Waals surface area contributed by atoms with Crippen LogP contribution in [-0.4, -0.2) is 20.7 Å². The van der Waals surface area contributed by atoms with E-state index in [1.165, 1.54) is 0 Å². The molecule has 0 saturated carbocycles. The van der Waals surface area contributed by atoms with Gasteiger partial charge in [-0.25, -0.2) is 13.1 Å². The summed E-state index contributed by atoms with van der Waals surface area (Å²) < 4.78 is 27.9. The van der Waals surface area contributed by atoms with E-state index in [1.807, 2.05) is 37.3 Å². The third kappa shape index (κ3) is 4.85. The summed E-state index contributed by atoms with van der Waals surface area (Å²) in [6.07, 6.45) is 0. The standard InChI is InChI=1S/C15H16BrNO2S2/c1-12-11-14(7-8-15(12)16)21(18,19)17-9-10-20-13-5-3-2-4-6-13/h2-8,11,17H,9-10H2,1H3. The molecule has 2 aromatic rings. The summed E-state index contributed by atoms with van der Waals surface area (Å²) >= 11 is 4.99. The molecule has 0 fully saturated rings. The molecule has 112 valence electrons. The van der Waals surface area contributed by atoms with E-state index >= 15 is 0 Å². The number of hydrogen-bond acceptors (Lipinski definition) is 3. The smallest absolute Gasteiger partial charge is 0.210 e. The third-order valence-corrected chi connectivity index (χ3v) is 6.21. The van der Waals surface area contributed by atoms with Gasteiger partial charge >= 0.3 is 0 Å². The lowest BCUT2D eigenvalue weighted by Crippen LogP contribution is -2.26. The zero-order valence-electron chi connectivity index (χ0n) is 11.5. The Labute approximate surface area is 138 Å². The molecule has 3 nitrogen and oxygen atoms in total. The third-order valence-electron chi connectivity index (χ3n) is 2.85. The first-order valence-electron chi connectivity index (χ1n) is 6.43.